The smallest absolute Gasteiger partial charge is 0.148 e. The van der Waals surface area contributed by atoms with Crippen molar-refractivity contribution in [3.05, 3.63) is 47.9 Å². The van der Waals surface area contributed by atoms with E-state index < -0.39 is 9.84 Å². The molecule has 8 nitrogen and oxygen atoms in total. The van der Waals surface area contributed by atoms with Crippen LogP contribution in [0.2, 0.25) is 0 Å². The van der Waals surface area contributed by atoms with Gasteiger partial charge >= 0.3 is 0 Å². The molecule has 0 bridgehead atoms. The monoisotopic (exact) mass is 518 g/mol. The average molecular weight is 519 g/mol. The molecular formula is C28H34N6O2S. The van der Waals surface area contributed by atoms with Gasteiger partial charge in [0.05, 0.1) is 28.5 Å². The molecule has 194 valence electrons. The number of nitriles is 1. The first-order valence-corrected chi connectivity index (χ1v) is 15.1. The molecule has 0 spiro atoms. The van der Waals surface area contributed by atoms with Crippen LogP contribution in [0.15, 0.2) is 36.7 Å². The molecule has 4 aromatic heterocycles. The van der Waals surface area contributed by atoms with E-state index in [0.29, 0.717) is 18.5 Å². The molecule has 0 amide bonds. The number of hydrogen-bond donors (Lipinski definition) is 2. The summed E-state index contributed by atoms with van der Waals surface area (Å²) in [6.07, 6.45) is 9.19. The van der Waals surface area contributed by atoms with Crippen LogP contribution in [0.3, 0.4) is 0 Å². The number of pyridine rings is 2. The van der Waals surface area contributed by atoms with Gasteiger partial charge in [-0.1, -0.05) is 13.8 Å². The topological polar surface area (TPSA) is 116 Å². The van der Waals surface area contributed by atoms with Crippen LogP contribution in [0, 0.1) is 11.3 Å². The zero-order valence-electron chi connectivity index (χ0n) is 21.7. The first-order valence-electron chi connectivity index (χ1n) is 13.0. The molecule has 0 saturated heterocycles. The van der Waals surface area contributed by atoms with Crippen molar-refractivity contribution >= 4 is 31.9 Å². The van der Waals surface area contributed by atoms with E-state index in [2.05, 4.69) is 53.4 Å². The van der Waals surface area contributed by atoms with Gasteiger partial charge < -0.3 is 14.9 Å². The van der Waals surface area contributed by atoms with Gasteiger partial charge in [0.25, 0.3) is 0 Å². The molecule has 0 unspecified atom stereocenters. The molecule has 0 atom stereocenters. The van der Waals surface area contributed by atoms with E-state index in [0.717, 1.165) is 64.7 Å². The highest BCUT2D eigenvalue weighted by molar-refractivity contribution is 7.90. The Morgan fingerprint density at radius 3 is 2.70 bits per heavy atom. The zero-order valence-corrected chi connectivity index (χ0v) is 22.5. The first kappa shape index (κ1) is 25.4. The second-order valence-electron chi connectivity index (χ2n) is 10.5. The number of nitrogens with one attached hydrogen (secondary N) is 2. The number of rotatable bonds is 8. The molecule has 5 rings (SSSR count). The van der Waals surface area contributed by atoms with Crippen molar-refractivity contribution in [3.8, 4) is 17.3 Å². The SMILES string of the molecule is CC(C)c1c(-c2cn(CC#N)c3ncccc23)[nH]c2ccc(C3CCC(NCCS(C)(=O)=O)CC3)nc12. The molecule has 1 fully saturated rings. The number of aromatic nitrogens is 4. The normalized spacial score (nSPS) is 18.6. The fourth-order valence-electron chi connectivity index (χ4n) is 5.66. The summed E-state index contributed by atoms with van der Waals surface area (Å²) in [5.41, 5.74) is 7.24. The third-order valence-electron chi connectivity index (χ3n) is 7.47. The van der Waals surface area contributed by atoms with Crippen LogP contribution < -0.4 is 5.32 Å². The average Bonchev–Trinajstić information content (AvgIpc) is 3.42. The number of aromatic amines is 1. The Morgan fingerprint density at radius 2 is 2.00 bits per heavy atom. The lowest BCUT2D eigenvalue weighted by atomic mass is 9.83. The van der Waals surface area contributed by atoms with Crippen molar-refractivity contribution in [1.29, 1.82) is 5.26 Å². The molecule has 2 N–H and O–H groups in total. The van der Waals surface area contributed by atoms with Crippen molar-refractivity contribution in [3.63, 3.8) is 0 Å². The minimum atomic E-state index is -2.94. The number of fused-ring (bicyclic) bond motifs is 2. The molecule has 37 heavy (non-hydrogen) atoms. The zero-order chi connectivity index (χ0) is 26.2. The lowest BCUT2D eigenvalue weighted by molar-refractivity contribution is 0.345. The summed E-state index contributed by atoms with van der Waals surface area (Å²) in [6, 6.07) is 10.9. The number of nitrogens with zero attached hydrogens (tertiary/aromatic N) is 4. The first-order chi connectivity index (χ1) is 17.7. The van der Waals surface area contributed by atoms with Crippen LogP contribution in [-0.4, -0.2) is 52.5 Å². The Morgan fingerprint density at radius 1 is 1.22 bits per heavy atom. The molecule has 0 aliphatic heterocycles. The van der Waals surface area contributed by atoms with Crippen molar-refractivity contribution in [2.45, 2.75) is 64.0 Å². The molecule has 4 aromatic rings. The molecule has 1 aliphatic rings. The summed E-state index contributed by atoms with van der Waals surface area (Å²) in [7, 11) is -2.94. The van der Waals surface area contributed by atoms with Gasteiger partial charge in [0.15, 0.2) is 0 Å². The maximum Gasteiger partial charge on any atom is 0.148 e. The molecule has 1 aliphatic carbocycles. The van der Waals surface area contributed by atoms with Gasteiger partial charge in [0.1, 0.15) is 22.0 Å². The maximum absolute atomic E-state index is 11.4. The molecular weight excluding hydrogens is 484 g/mol. The van der Waals surface area contributed by atoms with Crippen LogP contribution in [0.1, 0.15) is 62.6 Å². The highest BCUT2D eigenvalue weighted by atomic mass is 32.2. The highest BCUT2D eigenvalue weighted by Crippen LogP contribution is 2.40. The Bertz CT molecular complexity index is 1570. The van der Waals surface area contributed by atoms with E-state index in [1.54, 1.807) is 6.20 Å². The summed E-state index contributed by atoms with van der Waals surface area (Å²) in [4.78, 5) is 13.4. The van der Waals surface area contributed by atoms with Crippen molar-refractivity contribution < 1.29 is 8.42 Å². The summed E-state index contributed by atoms with van der Waals surface area (Å²) < 4.78 is 24.7. The van der Waals surface area contributed by atoms with Crippen LogP contribution in [0.25, 0.3) is 33.3 Å². The van der Waals surface area contributed by atoms with Crippen LogP contribution in [0.4, 0.5) is 0 Å². The third kappa shape index (κ3) is 5.27. The van der Waals surface area contributed by atoms with Crippen LogP contribution >= 0.6 is 0 Å². The van der Waals surface area contributed by atoms with E-state index in [1.165, 1.54) is 11.8 Å². The Labute approximate surface area is 218 Å². The standard InChI is InChI=1S/C28H34N6O2S/c1-18(2)25-26(22-17-34(15-12-29)28-21(22)5-4-13-31-28)33-24-11-10-23(32-27(24)25)19-6-8-20(9-7-19)30-14-16-37(3,35)36/h4-5,10-11,13,17-20,30,33H,6-9,14-16H2,1-3H3. The van der Waals surface area contributed by atoms with E-state index in [4.69, 9.17) is 4.98 Å². The fourth-order valence-corrected chi connectivity index (χ4v) is 6.15. The van der Waals surface area contributed by atoms with Gasteiger partial charge in [-0.05, 0) is 55.9 Å². The van der Waals surface area contributed by atoms with Gasteiger partial charge in [-0.3, -0.25) is 4.98 Å². The Balaban J connectivity index is 1.44. The Kier molecular flexibility index (Phi) is 7.06. The van der Waals surface area contributed by atoms with Gasteiger partial charge in [-0.2, -0.15) is 5.26 Å². The number of H-pyrrole nitrogens is 1. The van der Waals surface area contributed by atoms with Crippen molar-refractivity contribution in [2.24, 2.45) is 0 Å². The minimum Gasteiger partial charge on any atom is -0.353 e. The third-order valence-corrected chi connectivity index (χ3v) is 8.42. The minimum absolute atomic E-state index is 0.185. The summed E-state index contributed by atoms with van der Waals surface area (Å²) in [5, 5.41) is 13.8. The lowest BCUT2D eigenvalue weighted by Crippen LogP contribution is -2.35. The summed E-state index contributed by atoms with van der Waals surface area (Å²) in [6.45, 7) is 5.16. The highest BCUT2D eigenvalue weighted by Gasteiger charge is 2.26. The van der Waals surface area contributed by atoms with Gasteiger partial charge in [-0.25, -0.2) is 13.4 Å². The van der Waals surface area contributed by atoms with Crippen LogP contribution in [-0.2, 0) is 16.4 Å². The summed E-state index contributed by atoms with van der Waals surface area (Å²) >= 11 is 0. The second-order valence-corrected chi connectivity index (χ2v) is 12.8. The maximum atomic E-state index is 11.4. The molecule has 0 radical (unpaired) electrons. The predicted octanol–water partition coefficient (Wildman–Crippen LogP) is 4.89. The molecule has 4 heterocycles. The molecule has 0 aromatic carbocycles. The number of sulfone groups is 1. The van der Waals surface area contributed by atoms with Gasteiger partial charge in [-0.15, -0.1) is 0 Å². The van der Waals surface area contributed by atoms with E-state index in [9.17, 15) is 13.7 Å². The quantitative estimate of drug-likeness (QED) is 0.343. The van der Waals surface area contributed by atoms with Gasteiger partial charge in [0.2, 0.25) is 0 Å². The Hall–Kier alpha value is -3.22. The molecule has 9 heteroatoms. The van der Waals surface area contributed by atoms with Gasteiger partial charge in [0, 0.05) is 59.4 Å². The van der Waals surface area contributed by atoms with E-state index in [-0.39, 0.29) is 18.2 Å². The molecule has 1 saturated carbocycles. The fraction of sp³-hybridized carbons (Fsp3) is 0.464. The second kappa shape index (κ2) is 10.3. The van der Waals surface area contributed by atoms with E-state index in [1.807, 2.05) is 16.8 Å². The van der Waals surface area contributed by atoms with Crippen molar-refractivity contribution in [1.82, 2.24) is 24.8 Å². The van der Waals surface area contributed by atoms with Crippen LogP contribution in [0.5, 0.6) is 0 Å². The number of hydrogen-bond acceptors (Lipinski definition) is 6. The lowest BCUT2D eigenvalue weighted by Gasteiger charge is -2.29. The summed E-state index contributed by atoms with van der Waals surface area (Å²) in [5.74, 6) is 0.842. The van der Waals surface area contributed by atoms with E-state index >= 15 is 0 Å². The van der Waals surface area contributed by atoms with Crippen molar-refractivity contribution in [2.75, 3.05) is 18.6 Å². The predicted molar refractivity (Wildman–Crippen MR) is 147 cm³/mol. The largest absolute Gasteiger partial charge is 0.353 e.